The molecule has 0 spiro atoms. The van der Waals surface area contributed by atoms with Crippen LogP contribution in [0.5, 0.6) is 0 Å². The average molecular weight is 495 g/mol. The third-order valence-electron chi connectivity index (χ3n) is 5.23. The van der Waals surface area contributed by atoms with E-state index in [1.54, 1.807) is 6.07 Å². The smallest absolute Gasteiger partial charge is 0.339 e. The summed E-state index contributed by atoms with van der Waals surface area (Å²) >= 11 is 3.15. The number of aromatic carboxylic acids is 1. The zero-order chi connectivity index (χ0) is 23.0. The Morgan fingerprint density at radius 2 is 2.03 bits per heavy atom. The molecule has 2 unspecified atom stereocenters. The van der Waals surface area contributed by atoms with Gasteiger partial charge < -0.3 is 26.0 Å². The Kier molecular flexibility index (Phi) is 6.16. The van der Waals surface area contributed by atoms with Crippen molar-refractivity contribution in [1.29, 1.82) is 0 Å². The second kappa shape index (κ2) is 8.50. The largest absolute Gasteiger partial charge is 0.478 e. The summed E-state index contributed by atoms with van der Waals surface area (Å²) in [4.78, 5) is 48.8. The van der Waals surface area contributed by atoms with Crippen LogP contribution in [0.1, 0.15) is 40.9 Å². The van der Waals surface area contributed by atoms with Crippen LogP contribution < -0.4 is 21.9 Å². The third-order valence-corrected chi connectivity index (χ3v) is 5.72. The summed E-state index contributed by atoms with van der Waals surface area (Å²) in [6, 6.07) is 2.95. The van der Waals surface area contributed by atoms with Gasteiger partial charge in [-0.3, -0.25) is 14.4 Å². The minimum absolute atomic E-state index is 0.0268. The van der Waals surface area contributed by atoms with Crippen LogP contribution in [0.15, 0.2) is 27.5 Å². The molecule has 5 N–H and O–H groups in total. The van der Waals surface area contributed by atoms with Crippen molar-refractivity contribution >= 4 is 45.1 Å². The fourth-order valence-electron chi connectivity index (χ4n) is 3.89. The minimum Gasteiger partial charge on any atom is -0.478 e. The fourth-order valence-corrected chi connectivity index (χ4v) is 4.23. The lowest BCUT2D eigenvalue weighted by Crippen LogP contribution is -2.47. The number of aromatic nitrogens is 1. The molecule has 11 heteroatoms. The van der Waals surface area contributed by atoms with Crippen molar-refractivity contribution in [3.05, 3.63) is 55.7 Å². The second-order valence-corrected chi connectivity index (χ2v) is 8.16. The van der Waals surface area contributed by atoms with E-state index in [2.05, 4.69) is 26.6 Å². The van der Waals surface area contributed by atoms with Gasteiger partial charge in [-0.2, -0.15) is 0 Å². The molecule has 0 saturated carbocycles. The third kappa shape index (κ3) is 4.18. The maximum atomic E-state index is 14.4. The molecule has 0 fully saturated rings. The quantitative estimate of drug-likeness (QED) is 0.483. The molecule has 0 bridgehead atoms. The predicted octanol–water partition coefficient (Wildman–Crippen LogP) is 1.98. The number of carbonyl (C=O) groups excluding carboxylic acids is 2. The molecule has 2 atom stereocenters. The maximum absolute atomic E-state index is 14.4. The van der Waals surface area contributed by atoms with Gasteiger partial charge in [-0.15, -0.1) is 0 Å². The Morgan fingerprint density at radius 3 is 2.58 bits per heavy atom. The average Bonchev–Trinajstić information content (AvgIpc) is 3.09. The monoisotopic (exact) mass is 494 g/mol. The second-order valence-electron chi connectivity index (χ2n) is 7.25. The van der Waals surface area contributed by atoms with Gasteiger partial charge in [0.2, 0.25) is 11.8 Å². The molecule has 1 aromatic carbocycles. The van der Waals surface area contributed by atoms with Crippen LogP contribution in [-0.4, -0.2) is 33.5 Å². The number of nitrogens with one attached hydrogen (secondary N) is 2. The number of rotatable bonds is 6. The standard InChI is InChI=1S/C20H20BrFN4O5/c1-8-15(25-13-4-3-10(21)7-12(13)22)14(20(30)31)17-11(5-6-26(17)19(8)29)16(18(23)28)24-9(2)27/h3-4,7,11,16,25H,5-6H2,1-2H3,(H2,23,28)(H,24,27)(H,30,31). The molecule has 2 heterocycles. The number of pyridine rings is 1. The molecule has 0 aliphatic carbocycles. The van der Waals surface area contributed by atoms with Crippen molar-refractivity contribution in [1.82, 2.24) is 9.88 Å². The van der Waals surface area contributed by atoms with Crippen LogP contribution in [0.25, 0.3) is 0 Å². The molecule has 9 nitrogen and oxygen atoms in total. The maximum Gasteiger partial charge on any atom is 0.339 e. The Morgan fingerprint density at radius 1 is 1.35 bits per heavy atom. The molecular weight excluding hydrogens is 475 g/mol. The van der Waals surface area contributed by atoms with E-state index in [4.69, 9.17) is 5.73 Å². The van der Waals surface area contributed by atoms with Gasteiger partial charge in [0.25, 0.3) is 5.56 Å². The van der Waals surface area contributed by atoms with E-state index in [1.807, 2.05) is 0 Å². The molecule has 2 aromatic rings. The molecule has 0 radical (unpaired) electrons. The van der Waals surface area contributed by atoms with E-state index in [-0.39, 0.29) is 41.2 Å². The summed E-state index contributed by atoms with van der Waals surface area (Å²) in [6.07, 6.45) is 0.221. The van der Waals surface area contributed by atoms with E-state index in [1.165, 1.54) is 30.5 Å². The van der Waals surface area contributed by atoms with Crippen LogP contribution in [0.3, 0.4) is 0 Å². The van der Waals surface area contributed by atoms with Crippen molar-refractivity contribution in [2.45, 2.75) is 38.8 Å². The molecule has 3 rings (SSSR count). The SMILES string of the molecule is CC(=O)NC(C(N)=O)C1CCn2c1c(C(=O)O)c(Nc1ccc(Br)cc1F)c(C)c2=O. The van der Waals surface area contributed by atoms with Crippen LogP contribution in [0, 0.1) is 12.7 Å². The Hall–Kier alpha value is -3.21. The predicted molar refractivity (Wildman–Crippen MR) is 114 cm³/mol. The first kappa shape index (κ1) is 22.5. The van der Waals surface area contributed by atoms with Crippen molar-refractivity contribution in [3.8, 4) is 0 Å². The summed E-state index contributed by atoms with van der Waals surface area (Å²) < 4.78 is 16.2. The Labute approximate surface area is 184 Å². The normalized spacial score (nSPS) is 15.8. The highest BCUT2D eigenvalue weighted by molar-refractivity contribution is 9.10. The van der Waals surface area contributed by atoms with E-state index in [9.17, 15) is 28.7 Å². The molecular formula is C20H20BrFN4O5. The van der Waals surface area contributed by atoms with E-state index < -0.39 is 41.1 Å². The first-order valence-corrected chi connectivity index (χ1v) is 10.1. The highest BCUT2D eigenvalue weighted by atomic mass is 79.9. The number of primary amides is 1. The zero-order valence-electron chi connectivity index (χ0n) is 16.7. The number of nitrogens with zero attached hydrogens (tertiary/aromatic N) is 1. The van der Waals surface area contributed by atoms with E-state index in [0.29, 0.717) is 4.47 Å². The Balaban J connectivity index is 2.24. The van der Waals surface area contributed by atoms with Crippen LogP contribution in [-0.2, 0) is 16.1 Å². The van der Waals surface area contributed by atoms with Gasteiger partial charge in [0.1, 0.15) is 17.4 Å². The summed E-state index contributed by atoms with van der Waals surface area (Å²) in [5, 5.41) is 15.2. The number of benzene rings is 1. The molecule has 2 amide bonds. The minimum atomic E-state index is -1.37. The van der Waals surface area contributed by atoms with Gasteiger partial charge >= 0.3 is 5.97 Å². The molecule has 0 saturated heterocycles. The van der Waals surface area contributed by atoms with Gasteiger partial charge in [0.15, 0.2) is 0 Å². The Bertz CT molecular complexity index is 1160. The highest BCUT2D eigenvalue weighted by Crippen LogP contribution is 2.38. The van der Waals surface area contributed by atoms with Crippen molar-refractivity contribution in [2.24, 2.45) is 5.73 Å². The molecule has 1 aliphatic rings. The molecule has 1 aromatic heterocycles. The van der Waals surface area contributed by atoms with E-state index >= 15 is 0 Å². The molecule has 164 valence electrons. The lowest BCUT2D eigenvalue weighted by molar-refractivity contribution is -0.126. The van der Waals surface area contributed by atoms with Gasteiger partial charge in [0.05, 0.1) is 11.4 Å². The van der Waals surface area contributed by atoms with Gasteiger partial charge in [-0.05, 0) is 31.5 Å². The number of hydrogen-bond donors (Lipinski definition) is 4. The number of hydrogen-bond acceptors (Lipinski definition) is 5. The van der Waals surface area contributed by atoms with E-state index in [0.717, 1.165) is 0 Å². The number of carbonyl (C=O) groups is 3. The number of amides is 2. The molecule has 31 heavy (non-hydrogen) atoms. The van der Waals surface area contributed by atoms with Crippen LogP contribution in [0.4, 0.5) is 15.8 Å². The van der Waals surface area contributed by atoms with Crippen molar-refractivity contribution < 1.29 is 23.9 Å². The van der Waals surface area contributed by atoms with Crippen molar-refractivity contribution in [2.75, 3.05) is 5.32 Å². The highest BCUT2D eigenvalue weighted by Gasteiger charge is 2.40. The summed E-state index contributed by atoms with van der Waals surface area (Å²) in [5.41, 5.74) is 4.73. The zero-order valence-corrected chi connectivity index (χ0v) is 18.2. The summed E-state index contributed by atoms with van der Waals surface area (Å²) in [6.45, 7) is 2.79. The first-order valence-electron chi connectivity index (χ1n) is 9.32. The topological polar surface area (TPSA) is 144 Å². The number of carboxylic acid groups (broad SMARTS) is 1. The van der Waals surface area contributed by atoms with Gasteiger partial charge in [0, 0.05) is 35.1 Å². The summed E-state index contributed by atoms with van der Waals surface area (Å²) in [5.74, 6) is -4.24. The number of anilines is 2. The van der Waals surface area contributed by atoms with Crippen LogP contribution >= 0.6 is 15.9 Å². The summed E-state index contributed by atoms with van der Waals surface area (Å²) in [7, 11) is 0. The first-order chi connectivity index (χ1) is 14.5. The van der Waals surface area contributed by atoms with Gasteiger partial charge in [-0.25, -0.2) is 9.18 Å². The number of nitrogens with two attached hydrogens (primary N) is 1. The number of carboxylic acids is 1. The van der Waals surface area contributed by atoms with Gasteiger partial charge in [-0.1, -0.05) is 15.9 Å². The fraction of sp³-hybridized carbons (Fsp3) is 0.300. The number of halogens is 2. The lowest BCUT2D eigenvalue weighted by atomic mass is 9.90. The lowest BCUT2D eigenvalue weighted by Gasteiger charge is -2.24. The van der Waals surface area contributed by atoms with Crippen LogP contribution in [0.2, 0.25) is 0 Å². The molecule has 1 aliphatic heterocycles. The number of fused-ring (bicyclic) bond motifs is 1. The van der Waals surface area contributed by atoms with Crippen molar-refractivity contribution in [3.63, 3.8) is 0 Å².